The zero-order valence-electron chi connectivity index (χ0n) is 13.5. The molecule has 1 unspecified atom stereocenters. The quantitative estimate of drug-likeness (QED) is 0.423. The molecule has 1 aromatic heterocycles. The summed E-state index contributed by atoms with van der Waals surface area (Å²) in [6.45, 7) is 0. The van der Waals surface area contributed by atoms with E-state index < -0.39 is 15.6 Å². The smallest absolute Gasteiger partial charge is 0.746 e. The van der Waals surface area contributed by atoms with Gasteiger partial charge in [0.2, 0.25) is 11.8 Å². The van der Waals surface area contributed by atoms with E-state index in [9.17, 15) is 18.1 Å². The van der Waals surface area contributed by atoms with Crippen molar-refractivity contribution < 1.29 is 61.8 Å². The van der Waals surface area contributed by atoms with Crippen LogP contribution in [0.2, 0.25) is 0 Å². The van der Waals surface area contributed by atoms with Crippen molar-refractivity contribution >= 4 is 26.0 Å². The topological polar surface area (TPSA) is 131 Å². The van der Waals surface area contributed by atoms with E-state index in [0.717, 1.165) is 0 Å². The molecule has 2 aromatic rings. The minimum absolute atomic E-state index is 0. The number of aliphatic hydroxyl groups is 1. The minimum Gasteiger partial charge on any atom is -0.746 e. The third kappa shape index (κ3) is 5.51. The molecule has 25 heavy (non-hydrogen) atoms. The zero-order chi connectivity index (χ0) is 17.9. The SMILES string of the molecule is COc1cc(OC)nc(Oc2cccc(Br)c2C(O)S(=O)(=O)[O-])n1.[Na+]. The van der Waals surface area contributed by atoms with E-state index in [1.165, 1.54) is 38.5 Å². The van der Waals surface area contributed by atoms with Crippen molar-refractivity contribution in [2.24, 2.45) is 0 Å². The van der Waals surface area contributed by atoms with Gasteiger partial charge in [-0.3, -0.25) is 0 Å². The maximum atomic E-state index is 11.1. The maximum Gasteiger partial charge on any atom is 1.00 e. The number of rotatable bonds is 6. The van der Waals surface area contributed by atoms with Crippen LogP contribution in [0.15, 0.2) is 28.7 Å². The molecule has 1 N–H and O–H groups in total. The van der Waals surface area contributed by atoms with Gasteiger partial charge in [-0.25, -0.2) is 8.42 Å². The van der Waals surface area contributed by atoms with E-state index in [1.54, 1.807) is 0 Å². The Bertz CT molecular complexity index is 828. The summed E-state index contributed by atoms with van der Waals surface area (Å²) >= 11 is 3.08. The summed E-state index contributed by atoms with van der Waals surface area (Å²) in [5.74, 6) is 0.169. The van der Waals surface area contributed by atoms with Crippen LogP contribution in [0.1, 0.15) is 11.0 Å². The molecule has 0 fully saturated rings. The molecular weight excluding hydrogens is 431 g/mol. The molecular formula is C13H12BrN2NaO7S. The fourth-order valence-corrected chi connectivity index (χ4v) is 2.98. The molecule has 12 heteroatoms. The molecule has 0 amide bonds. The Kier molecular flexibility index (Phi) is 8.06. The summed E-state index contributed by atoms with van der Waals surface area (Å²) in [5.41, 5.74) is -2.59. The summed E-state index contributed by atoms with van der Waals surface area (Å²) in [6.07, 6.45) is 0. The molecule has 0 aliphatic rings. The second-order valence-corrected chi connectivity index (χ2v) is 6.62. The summed E-state index contributed by atoms with van der Waals surface area (Å²) in [7, 11) is -2.26. The second-order valence-electron chi connectivity index (χ2n) is 4.33. The van der Waals surface area contributed by atoms with Crippen molar-refractivity contribution in [3.8, 4) is 23.5 Å². The average molecular weight is 443 g/mol. The van der Waals surface area contributed by atoms with Crippen molar-refractivity contribution in [1.82, 2.24) is 9.97 Å². The van der Waals surface area contributed by atoms with Crippen LogP contribution in [0.3, 0.4) is 0 Å². The van der Waals surface area contributed by atoms with E-state index in [4.69, 9.17) is 14.2 Å². The predicted octanol–water partition coefficient (Wildman–Crippen LogP) is -1.41. The van der Waals surface area contributed by atoms with Gasteiger partial charge in [-0.15, -0.1) is 0 Å². The Hall–Kier alpha value is -0.950. The first-order valence-electron chi connectivity index (χ1n) is 6.32. The van der Waals surface area contributed by atoms with E-state index >= 15 is 0 Å². The Labute approximate surface area is 174 Å². The molecule has 9 nitrogen and oxygen atoms in total. The maximum absolute atomic E-state index is 11.1. The molecule has 0 radical (unpaired) electrons. The molecule has 0 bridgehead atoms. The van der Waals surface area contributed by atoms with E-state index in [2.05, 4.69) is 25.9 Å². The van der Waals surface area contributed by atoms with Crippen LogP contribution in [0.25, 0.3) is 0 Å². The first-order chi connectivity index (χ1) is 11.3. The first kappa shape index (κ1) is 22.1. The Morgan fingerprint density at radius 1 is 1.20 bits per heavy atom. The normalized spacial score (nSPS) is 12.0. The Morgan fingerprint density at radius 2 is 1.76 bits per heavy atom. The number of aromatic nitrogens is 2. The molecule has 0 spiro atoms. The van der Waals surface area contributed by atoms with Crippen molar-refractivity contribution in [1.29, 1.82) is 0 Å². The Morgan fingerprint density at radius 3 is 2.24 bits per heavy atom. The van der Waals surface area contributed by atoms with E-state index in [-0.39, 0.29) is 63.1 Å². The molecule has 0 aliphatic heterocycles. The third-order valence-corrected chi connectivity index (χ3v) is 4.29. The fraction of sp³-hybridized carbons (Fsp3) is 0.231. The van der Waals surface area contributed by atoms with Gasteiger partial charge in [-0.05, 0) is 12.1 Å². The van der Waals surface area contributed by atoms with E-state index in [0.29, 0.717) is 0 Å². The van der Waals surface area contributed by atoms with Crippen LogP contribution in [0.4, 0.5) is 0 Å². The van der Waals surface area contributed by atoms with Crippen LogP contribution in [-0.4, -0.2) is 42.3 Å². The number of ether oxygens (including phenoxy) is 3. The van der Waals surface area contributed by atoms with Crippen LogP contribution in [-0.2, 0) is 10.1 Å². The standard InChI is InChI=1S/C13H13BrN2O7S.Na/c1-21-9-6-10(22-2)16-13(15-9)23-8-5-3-4-7(14)11(8)12(17)24(18,19)20;/h3-6,12,17H,1-2H3,(H,18,19,20);/q;+1/p-1. The molecule has 1 aromatic carbocycles. The number of methoxy groups -OCH3 is 2. The van der Waals surface area contributed by atoms with E-state index in [1.807, 2.05) is 0 Å². The van der Waals surface area contributed by atoms with Crippen molar-refractivity contribution in [2.45, 2.75) is 5.44 Å². The molecule has 2 rings (SSSR count). The molecule has 0 saturated heterocycles. The monoisotopic (exact) mass is 442 g/mol. The van der Waals surface area contributed by atoms with Crippen LogP contribution >= 0.6 is 15.9 Å². The van der Waals surface area contributed by atoms with Crippen molar-refractivity contribution in [2.75, 3.05) is 14.2 Å². The summed E-state index contributed by atoms with van der Waals surface area (Å²) in [4.78, 5) is 7.85. The van der Waals surface area contributed by atoms with Gasteiger partial charge >= 0.3 is 35.6 Å². The Balaban J connectivity index is 0.00000312. The van der Waals surface area contributed by atoms with Gasteiger partial charge in [0, 0.05) is 4.47 Å². The van der Waals surface area contributed by atoms with Gasteiger partial charge in [0.15, 0.2) is 5.44 Å². The zero-order valence-corrected chi connectivity index (χ0v) is 17.9. The average Bonchev–Trinajstić information content (AvgIpc) is 2.53. The third-order valence-electron chi connectivity index (χ3n) is 2.81. The summed E-state index contributed by atoms with van der Waals surface area (Å²) in [6, 6.07) is 5.50. The van der Waals surface area contributed by atoms with Gasteiger partial charge in [0.25, 0.3) is 0 Å². The second kappa shape index (κ2) is 9.12. The van der Waals surface area contributed by atoms with Gasteiger partial charge in [0.1, 0.15) is 15.9 Å². The summed E-state index contributed by atoms with van der Waals surface area (Å²) in [5, 5.41) is 9.80. The number of benzene rings is 1. The molecule has 130 valence electrons. The minimum atomic E-state index is -5.01. The van der Waals surface area contributed by atoms with Crippen LogP contribution < -0.4 is 43.8 Å². The van der Waals surface area contributed by atoms with Crippen LogP contribution in [0.5, 0.6) is 23.5 Å². The van der Waals surface area contributed by atoms with Gasteiger partial charge < -0.3 is 23.9 Å². The van der Waals surface area contributed by atoms with Gasteiger partial charge in [-0.2, -0.15) is 9.97 Å². The summed E-state index contributed by atoms with van der Waals surface area (Å²) < 4.78 is 48.9. The fourth-order valence-electron chi connectivity index (χ4n) is 1.73. The molecule has 1 atom stereocenters. The molecule has 1 heterocycles. The number of hydrogen-bond donors (Lipinski definition) is 1. The molecule has 0 aliphatic carbocycles. The number of hydrogen-bond acceptors (Lipinski definition) is 9. The number of aliphatic hydroxyl groups excluding tert-OH is 1. The largest absolute Gasteiger partial charge is 1.00 e. The van der Waals surface area contributed by atoms with Gasteiger partial charge in [0.05, 0.1) is 25.8 Å². The molecule has 0 saturated carbocycles. The number of halogens is 1. The predicted molar refractivity (Wildman–Crippen MR) is 84.0 cm³/mol. The first-order valence-corrected chi connectivity index (χ1v) is 8.58. The van der Waals surface area contributed by atoms with Crippen LogP contribution in [0, 0.1) is 0 Å². The van der Waals surface area contributed by atoms with Crippen molar-refractivity contribution in [3.63, 3.8) is 0 Å². The van der Waals surface area contributed by atoms with Crippen molar-refractivity contribution in [3.05, 3.63) is 34.3 Å². The van der Waals surface area contributed by atoms with Gasteiger partial charge in [-0.1, -0.05) is 22.0 Å². The number of nitrogens with zero attached hydrogens (tertiary/aromatic N) is 2.